The molecule has 0 bridgehead atoms. The van der Waals surface area contributed by atoms with E-state index in [0.717, 1.165) is 4.68 Å². The van der Waals surface area contributed by atoms with Crippen molar-refractivity contribution in [2.45, 2.75) is 31.9 Å². The van der Waals surface area contributed by atoms with Gasteiger partial charge in [0.05, 0.1) is 29.0 Å². The molecule has 0 aliphatic carbocycles. The zero-order chi connectivity index (χ0) is 20.5. The van der Waals surface area contributed by atoms with Crippen LogP contribution in [0, 0.1) is 0 Å². The first-order valence-corrected chi connectivity index (χ1v) is 10.6. The van der Waals surface area contributed by atoms with Crippen LogP contribution >= 0.6 is 0 Å². The third kappa shape index (κ3) is 4.38. The van der Waals surface area contributed by atoms with Gasteiger partial charge in [-0.3, -0.25) is 14.4 Å². The molecule has 2 heterocycles. The lowest BCUT2D eigenvalue weighted by atomic mass is 10.1. The van der Waals surface area contributed by atoms with Crippen LogP contribution in [-0.2, 0) is 37.6 Å². The zero-order valence-corrected chi connectivity index (χ0v) is 16.4. The summed E-state index contributed by atoms with van der Waals surface area (Å²) >= 11 is 0. The molecule has 0 spiro atoms. The Morgan fingerprint density at radius 1 is 1.32 bits per heavy atom. The number of nitrogens with one attached hydrogen (secondary N) is 1. The van der Waals surface area contributed by atoms with E-state index in [0.29, 0.717) is 22.9 Å². The van der Waals surface area contributed by atoms with Crippen molar-refractivity contribution >= 4 is 32.5 Å². The molecule has 1 aromatic heterocycles. The fourth-order valence-corrected chi connectivity index (χ4v) is 4.84. The van der Waals surface area contributed by atoms with Crippen molar-refractivity contribution in [3.05, 3.63) is 40.3 Å². The largest absolute Gasteiger partial charge is 0.452 e. The highest BCUT2D eigenvalue weighted by Crippen LogP contribution is 2.15. The number of aryl methyl sites for hydroxylation is 1. The van der Waals surface area contributed by atoms with Crippen LogP contribution in [0.5, 0.6) is 0 Å². The predicted molar refractivity (Wildman–Crippen MR) is 101 cm³/mol. The number of carbonyl (C=O) groups excluding carboxylic acids is 2. The van der Waals surface area contributed by atoms with Crippen molar-refractivity contribution in [3.63, 3.8) is 0 Å². The second kappa shape index (κ2) is 7.70. The Balaban J connectivity index is 1.66. The van der Waals surface area contributed by atoms with Gasteiger partial charge in [0, 0.05) is 18.5 Å². The van der Waals surface area contributed by atoms with Gasteiger partial charge in [-0.2, -0.15) is 5.10 Å². The zero-order valence-electron chi connectivity index (χ0n) is 15.5. The summed E-state index contributed by atoms with van der Waals surface area (Å²) in [7, 11) is -1.62. The normalized spacial score (nSPS) is 19.3. The predicted octanol–water partition coefficient (Wildman–Crippen LogP) is -0.289. The second-order valence-electron chi connectivity index (χ2n) is 6.84. The number of nitrogens with zero attached hydrogens (tertiary/aromatic N) is 2. The van der Waals surface area contributed by atoms with Crippen molar-refractivity contribution in [2.75, 3.05) is 11.5 Å². The van der Waals surface area contributed by atoms with E-state index in [4.69, 9.17) is 4.74 Å². The number of fused-ring (bicyclic) bond motifs is 1. The van der Waals surface area contributed by atoms with Crippen LogP contribution in [0.4, 0.5) is 0 Å². The van der Waals surface area contributed by atoms with Crippen LogP contribution in [0.3, 0.4) is 0 Å². The van der Waals surface area contributed by atoms with Gasteiger partial charge in [-0.05, 0) is 19.4 Å². The molecule has 1 amide bonds. The number of hydrogen-bond acceptors (Lipinski definition) is 7. The third-order valence-electron chi connectivity index (χ3n) is 4.60. The maximum absolute atomic E-state index is 12.3. The molecule has 1 saturated heterocycles. The van der Waals surface area contributed by atoms with Crippen LogP contribution in [0.2, 0.25) is 0 Å². The van der Waals surface area contributed by atoms with E-state index in [-0.39, 0.29) is 23.5 Å². The van der Waals surface area contributed by atoms with Gasteiger partial charge in [-0.15, -0.1) is 0 Å². The topological polar surface area (TPSA) is 124 Å². The summed E-state index contributed by atoms with van der Waals surface area (Å²) in [5.41, 5.74) is 0.101. The molecule has 1 N–H and O–H groups in total. The van der Waals surface area contributed by atoms with Crippen LogP contribution < -0.4 is 10.9 Å². The van der Waals surface area contributed by atoms with Crippen LogP contribution in [0.15, 0.2) is 29.1 Å². The number of amides is 1. The molecule has 1 fully saturated rings. The van der Waals surface area contributed by atoms with E-state index in [2.05, 4.69) is 10.4 Å². The van der Waals surface area contributed by atoms with Crippen molar-refractivity contribution in [1.82, 2.24) is 15.1 Å². The molecule has 9 nitrogen and oxygen atoms in total. The first kappa shape index (κ1) is 20.0. The number of benzene rings is 1. The number of sulfone groups is 1. The molecule has 0 radical (unpaired) electrons. The lowest BCUT2D eigenvalue weighted by Gasteiger charge is -2.16. The van der Waals surface area contributed by atoms with Crippen molar-refractivity contribution in [2.24, 2.45) is 7.05 Å². The van der Waals surface area contributed by atoms with Gasteiger partial charge in [-0.1, -0.05) is 18.2 Å². The van der Waals surface area contributed by atoms with Gasteiger partial charge in [0.25, 0.3) is 11.5 Å². The number of aromatic nitrogens is 2. The summed E-state index contributed by atoms with van der Waals surface area (Å²) in [4.78, 5) is 36.6. The molecule has 28 heavy (non-hydrogen) atoms. The molecule has 2 aromatic rings. The minimum Gasteiger partial charge on any atom is -0.452 e. The molecule has 10 heteroatoms. The van der Waals surface area contributed by atoms with Crippen LogP contribution in [0.25, 0.3) is 10.8 Å². The van der Waals surface area contributed by atoms with Crippen molar-refractivity contribution < 1.29 is 22.7 Å². The maximum atomic E-state index is 12.3. The number of esters is 1. The number of carbonyl (C=O) groups is 2. The Kier molecular flexibility index (Phi) is 5.50. The molecule has 2 atom stereocenters. The van der Waals surface area contributed by atoms with E-state index in [1.807, 2.05) is 0 Å². The van der Waals surface area contributed by atoms with Crippen LogP contribution in [0.1, 0.15) is 19.0 Å². The van der Waals surface area contributed by atoms with E-state index in [1.165, 1.54) is 14.0 Å². The van der Waals surface area contributed by atoms with E-state index in [9.17, 15) is 22.8 Å². The van der Waals surface area contributed by atoms with Crippen LogP contribution in [-0.4, -0.2) is 53.7 Å². The molecule has 150 valence electrons. The monoisotopic (exact) mass is 407 g/mol. The highest BCUT2D eigenvalue weighted by molar-refractivity contribution is 7.91. The average Bonchev–Trinajstić information content (AvgIpc) is 2.97. The highest BCUT2D eigenvalue weighted by Gasteiger charge is 2.30. The standard InChI is InChI=1S/C18H21N3O6S/c1-11(17(23)19-12-7-8-28(25,26)10-12)27-16(22)9-15-13-5-3-4-6-14(13)18(24)21(2)20-15/h3-6,11-12H,7-10H2,1-2H3,(H,19,23)/t11-,12-/m0/s1. The lowest BCUT2D eigenvalue weighted by molar-refractivity contribution is -0.154. The molecule has 1 aliphatic rings. The minimum absolute atomic E-state index is 0.0393. The van der Waals surface area contributed by atoms with Crippen molar-refractivity contribution in [1.29, 1.82) is 0 Å². The van der Waals surface area contributed by atoms with E-state index in [1.54, 1.807) is 24.3 Å². The molecule has 0 unspecified atom stereocenters. The molecule has 1 aliphatic heterocycles. The van der Waals surface area contributed by atoms with Gasteiger partial charge in [0.1, 0.15) is 0 Å². The molecular weight excluding hydrogens is 386 g/mol. The fraction of sp³-hybridized carbons (Fsp3) is 0.444. The maximum Gasteiger partial charge on any atom is 0.312 e. The summed E-state index contributed by atoms with van der Waals surface area (Å²) in [6, 6.07) is 6.35. The lowest BCUT2D eigenvalue weighted by Crippen LogP contribution is -2.42. The smallest absolute Gasteiger partial charge is 0.312 e. The Morgan fingerprint density at radius 3 is 2.64 bits per heavy atom. The van der Waals surface area contributed by atoms with E-state index >= 15 is 0 Å². The molecular formula is C18H21N3O6S. The summed E-state index contributed by atoms with van der Waals surface area (Å²) in [6.45, 7) is 1.42. The Bertz CT molecular complexity index is 1090. The SMILES string of the molecule is C[C@H](OC(=O)Cc1nn(C)c(=O)c2ccccc12)C(=O)N[C@H]1CCS(=O)(=O)C1. The Hall–Kier alpha value is -2.75. The van der Waals surface area contributed by atoms with Gasteiger partial charge in [-0.25, -0.2) is 13.1 Å². The molecule has 1 aromatic carbocycles. The fourth-order valence-electron chi connectivity index (χ4n) is 3.16. The Morgan fingerprint density at radius 2 is 2.00 bits per heavy atom. The first-order valence-electron chi connectivity index (χ1n) is 8.81. The highest BCUT2D eigenvalue weighted by atomic mass is 32.2. The summed E-state index contributed by atoms with van der Waals surface area (Å²) in [5.74, 6) is -1.28. The van der Waals surface area contributed by atoms with Gasteiger partial charge >= 0.3 is 5.97 Å². The summed E-state index contributed by atoms with van der Waals surface area (Å²) in [5, 5.41) is 7.71. The first-order chi connectivity index (χ1) is 13.2. The average molecular weight is 407 g/mol. The summed E-state index contributed by atoms with van der Waals surface area (Å²) < 4.78 is 29.3. The molecule has 3 rings (SSSR count). The Labute approximate surface area is 161 Å². The van der Waals surface area contributed by atoms with Gasteiger partial charge in [0.2, 0.25) is 0 Å². The summed E-state index contributed by atoms with van der Waals surface area (Å²) in [6.07, 6.45) is -0.929. The number of rotatable bonds is 5. The minimum atomic E-state index is -3.12. The van der Waals surface area contributed by atoms with E-state index < -0.39 is 33.9 Å². The number of hydrogen-bond donors (Lipinski definition) is 1. The van der Waals surface area contributed by atoms with Crippen molar-refractivity contribution in [3.8, 4) is 0 Å². The molecule has 0 saturated carbocycles. The van der Waals surface area contributed by atoms with Gasteiger partial charge < -0.3 is 10.1 Å². The number of ether oxygens (including phenoxy) is 1. The third-order valence-corrected chi connectivity index (χ3v) is 6.37. The van der Waals surface area contributed by atoms with Gasteiger partial charge in [0.15, 0.2) is 15.9 Å². The quantitative estimate of drug-likeness (QED) is 0.675. The second-order valence-corrected chi connectivity index (χ2v) is 9.07.